The van der Waals surface area contributed by atoms with Crippen LogP contribution in [0.3, 0.4) is 0 Å². The van der Waals surface area contributed by atoms with Gasteiger partial charge in [0, 0.05) is 43.4 Å². The normalized spacial score (nSPS) is 19.1. The molecule has 5 rings (SSSR count). The zero-order valence-corrected chi connectivity index (χ0v) is 17.3. The van der Waals surface area contributed by atoms with Crippen LogP contribution in [0.4, 0.5) is 0 Å². The van der Waals surface area contributed by atoms with E-state index in [4.69, 9.17) is 4.52 Å². The third-order valence-electron chi connectivity index (χ3n) is 6.61. The zero-order chi connectivity index (χ0) is 20.2. The van der Waals surface area contributed by atoms with Crippen LogP contribution in [0, 0.1) is 12.3 Å². The minimum absolute atomic E-state index is 0.222. The first kappa shape index (κ1) is 18.3. The van der Waals surface area contributed by atoms with Crippen LogP contribution in [0.2, 0.25) is 0 Å². The van der Waals surface area contributed by atoms with Crippen molar-refractivity contribution in [2.24, 2.45) is 12.5 Å². The number of amides is 1. The summed E-state index contributed by atoms with van der Waals surface area (Å²) < 4.78 is 7.48. The largest absolute Gasteiger partial charge is 0.343 e. The number of hydrogen-bond acceptors (Lipinski definition) is 5. The lowest BCUT2D eigenvalue weighted by atomic mass is 9.95. The first-order valence-electron chi connectivity index (χ1n) is 10.5. The van der Waals surface area contributed by atoms with Crippen LogP contribution in [0.25, 0.3) is 22.3 Å². The quantitative estimate of drug-likeness (QED) is 0.673. The summed E-state index contributed by atoms with van der Waals surface area (Å²) in [5.74, 6) is 1.82. The summed E-state index contributed by atoms with van der Waals surface area (Å²) >= 11 is 0. The minimum Gasteiger partial charge on any atom is -0.343 e. The maximum absolute atomic E-state index is 12.5. The topological polar surface area (TPSA) is 77.0 Å². The lowest BCUT2D eigenvalue weighted by molar-refractivity contribution is -0.133. The Morgan fingerprint density at radius 2 is 2.03 bits per heavy atom. The van der Waals surface area contributed by atoms with Gasteiger partial charge in [-0.1, -0.05) is 24.2 Å². The van der Waals surface area contributed by atoms with Crippen molar-refractivity contribution in [1.29, 1.82) is 0 Å². The van der Waals surface area contributed by atoms with Crippen molar-refractivity contribution >= 4 is 16.8 Å². The fourth-order valence-electron chi connectivity index (χ4n) is 4.34. The summed E-state index contributed by atoms with van der Waals surface area (Å²) in [6.07, 6.45) is 4.82. The Morgan fingerprint density at radius 1 is 1.28 bits per heavy atom. The summed E-state index contributed by atoms with van der Waals surface area (Å²) in [6, 6.07) is 6.14. The number of carbonyl (C=O) groups excluding carboxylic acids is 1. The highest BCUT2D eigenvalue weighted by atomic mass is 16.5. The molecule has 152 valence electrons. The van der Waals surface area contributed by atoms with Crippen LogP contribution in [0.15, 0.2) is 22.7 Å². The molecule has 7 nitrogen and oxygen atoms in total. The molecule has 1 saturated carbocycles. The molecule has 2 fully saturated rings. The van der Waals surface area contributed by atoms with Gasteiger partial charge >= 0.3 is 0 Å². The molecule has 2 aliphatic rings. The zero-order valence-electron chi connectivity index (χ0n) is 17.3. The van der Waals surface area contributed by atoms with E-state index in [1.54, 1.807) is 0 Å². The fourth-order valence-corrected chi connectivity index (χ4v) is 4.34. The molecule has 1 saturated heterocycles. The number of aryl methyl sites for hydroxylation is 2. The van der Waals surface area contributed by atoms with Gasteiger partial charge in [0.1, 0.15) is 0 Å². The number of piperidine rings is 1. The van der Waals surface area contributed by atoms with Gasteiger partial charge in [0.2, 0.25) is 17.6 Å². The van der Waals surface area contributed by atoms with Crippen LogP contribution in [0.1, 0.15) is 56.5 Å². The molecular weight excluding hydrogens is 366 g/mol. The van der Waals surface area contributed by atoms with Crippen molar-refractivity contribution in [3.8, 4) is 11.4 Å². The van der Waals surface area contributed by atoms with Gasteiger partial charge < -0.3 is 9.42 Å². The van der Waals surface area contributed by atoms with Gasteiger partial charge in [-0.3, -0.25) is 9.48 Å². The second-order valence-electron chi connectivity index (χ2n) is 9.04. The van der Waals surface area contributed by atoms with Crippen LogP contribution in [-0.2, 0) is 11.8 Å². The Hall–Kier alpha value is -2.70. The van der Waals surface area contributed by atoms with Gasteiger partial charge in [-0.25, -0.2) is 0 Å². The second-order valence-corrected chi connectivity index (χ2v) is 9.04. The predicted molar refractivity (Wildman–Crippen MR) is 109 cm³/mol. The van der Waals surface area contributed by atoms with Gasteiger partial charge in [-0.05, 0) is 44.1 Å². The van der Waals surface area contributed by atoms with E-state index in [9.17, 15) is 4.79 Å². The molecule has 1 aliphatic heterocycles. The van der Waals surface area contributed by atoms with Crippen molar-refractivity contribution in [3.05, 3.63) is 29.8 Å². The molecule has 2 aromatic heterocycles. The molecule has 1 amide bonds. The van der Waals surface area contributed by atoms with E-state index < -0.39 is 0 Å². The van der Waals surface area contributed by atoms with Crippen LogP contribution < -0.4 is 0 Å². The first-order chi connectivity index (χ1) is 13.9. The molecule has 0 unspecified atom stereocenters. The van der Waals surface area contributed by atoms with Gasteiger partial charge in [0.15, 0.2) is 0 Å². The summed E-state index contributed by atoms with van der Waals surface area (Å²) in [4.78, 5) is 19.2. The molecule has 0 atom stereocenters. The second kappa shape index (κ2) is 6.68. The van der Waals surface area contributed by atoms with E-state index in [2.05, 4.69) is 34.3 Å². The smallest absolute Gasteiger partial charge is 0.230 e. The number of likely N-dealkylation sites (tertiary alicyclic amines) is 1. The molecule has 0 spiro atoms. The average Bonchev–Trinajstić information content (AvgIpc) is 3.14. The van der Waals surface area contributed by atoms with Gasteiger partial charge in [0.05, 0.1) is 11.2 Å². The molecule has 3 aromatic rings. The molecule has 29 heavy (non-hydrogen) atoms. The van der Waals surface area contributed by atoms with E-state index in [-0.39, 0.29) is 11.3 Å². The monoisotopic (exact) mass is 393 g/mol. The molecule has 0 bridgehead atoms. The maximum atomic E-state index is 12.5. The summed E-state index contributed by atoms with van der Waals surface area (Å²) in [6.45, 7) is 5.77. The van der Waals surface area contributed by atoms with E-state index in [0.717, 1.165) is 48.1 Å². The Morgan fingerprint density at radius 3 is 2.76 bits per heavy atom. The lowest BCUT2D eigenvalue weighted by Crippen LogP contribution is -2.38. The molecule has 1 aliphatic carbocycles. The fraction of sp³-hybridized carbons (Fsp3) is 0.545. The molecule has 1 aromatic carbocycles. The van der Waals surface area contributed by atoms with Gasteiger partial charge in [-0.2, -0.15) is 10.1 Å². The Kier molecular flexibility index (Phi) is 4.22. The third kappa shape index (κ3) is 3.43. The van der Waals surface area contributed by atoms with Crippen molar-refractivity contribution in [2.45, 2.75) is 51.9 Å². The lowest BCUT2D eigenvalue weighted by Gasteiger charge is -2.31. The van der Waals surface area contributed by atoms with Crippen molar-refractivity contribution in [1.82, 2.24) is 24.8 Å². The molecule has 0 N–H and O–H groups in total. The van der Waals surface area contributed by atoms with Crippen molar-refractivity contribution in [2.75, 3.05) is 13.1 Å². The van der Waals surface area contributed by atoms with E-state index in [0.29, 0.717) is 24.0 Å². The van der Waals surface area contributed by atoms with Crippen LogP contribution >= 0.6 is 0 Å². The number of nitrogens with zero attached hydrogens (tertiary/aromatic N) is 5. The summed E-state index contributed by atoms with van der Waals surface area (Å²) in [5, 5.41) is 9.83. The van der Waals surface area contributed by atoms with Gasteiger partial charge in [0.25, 0.3) is 0 Å². The number of benzene rings is 1. The molecule has 7 heteroatoms. The maximum Gasteiger partial charge on any atom is 0.230 e. The number of hydrogen-bond donors (Lipinski definition) is 0. The Balaban J connectivity index is 1.27. The number of carbonyl (C=O) groups is 1. The number of aromatic nitrogens is 4. The highest BCUT2D eigenvalue weighted by Crippen LogP contribution is 2.48. The van der Waals surface area contributed by atoms with Crippen molar-refractivity contribution in [3.63, 3.8) is 0 Å². The average molecular weight is 393 g/mol. The van der Waals surface area contributed by atoms with E-state index >= 15 is 0 Å². The van der Waals surface area contributed by atoms with Crippen LogP contribution in [-0.4, -0.2) is 43.8 Å². The number of rotatable bonds is 4. The van der Waals surface area contributed by atoms with E-state index in [1.165, 1.54) is 12.8 Å². The third-order valence-corrected chi connectivity index (χ3v) is 6.61. The van der Waals surface area contributed by atoms with E-state index in [1.807, 2.05) is 29.6 Å². The van der Waals surface area contributed by atoms with Gasteiger partial charge in [-0.15, -0.1) is 0 Å². The Bertz CT molecular complexity index is 1070. The molecular formula is C22H27N5O2. The summed E-state index contributed by atoms with van der Waals surface area (Å²) in [5.41, 5.74) is 3.27. The minimum atomic E-state index is 0.222. The predicted octanol–water partition coefficient (Wildman–Crippen LogP) is 3.83. The highest BCUT2D eigenvalue weighted by Gasteiger charge is 2.40. The number of fused-ring (bicyclic) bond motifs is 1. The standard InChI is InChI=1S/C22H27N5O2/c1-14-17-5-4-16(12-18(17)26(3)24-14)20-23-21(29-25-20)15-6-10-27(11-7-15)19(28)13-22(2)8-9-22/h4-5,12,15H,6-11,13H2,1-3H3. The first-order valence-corrected chi connectivity index (χ1v) is 10.5. The summed E-state index contributed by atoms with van der Waals surface area (Å²) in [7, 11) is 1.94. The highest BCUT2D eigenvalue weighted by molar-refractivity contribution is 5.85. The molecule has 3 heterocycles. The Labute approximate surface area is 170 Å². The van der Waals surface area contributed by atoms with Crippen LogP contribution in [0.5, 0.6) is 0 Å². The SMILES string of the molecule is Cc1nn(C)c2cc(-c3noc(C4CCN(C(=O)CC5(C)CC5)CC4)n3)ccc12. The molecule has 0 radical (unpaired) electrons. The van der Waals surface area contributed by atoms with Crippen molar-refractivity contribution < 1.29 is 9.32 Å².